The van der Waals surface area contributed by atoms with E-state index >= 15 is 0 Å². The summed E-state index contributed by atoms with van der Waals surface area (Å²) in [7, 11) is -3.02. The molecule has 2 aromatic carbocycles. The summed E-state index contributed by atoms with van der Waals surface area (Å²) in [5.74, 6) is -0.456. The highest BCUT2D eigenvalue weighted by atomic mass is 32.2. The number of hydrogen-bond donors (Lipinski definition) is 2. The van der Waals surface area contributed by atoms with Crippen LogP contribution in [0.25, 0.3) is 0 Å². The second kappa shape index (κ2) is 10.2. The Labute approximate surface area is 197 Å². The standard InChI is InChI=1S/C24H25N3O4S2/c28-23(25-19-9-4-5-10-21(19)27-12-15-33(30,31)16-13-27)20(17-18-7-2-1-3-8-18)26-24(29)22-11-6-14-32-22/h1-11,14,20H,12-13,15-17H2,(H,25,28)(H,26,29)/t20-/m1/s1. The summed E-state index contributed by atoms with van der Waals surface area (Å²) < 4.78 is 23.6. The maximum atomic E-state index is 13.3. The number of sulfone groups is 1. The Morgan fingerprint density at radius 2 is 1.64 bits per heavy atom. The third-order valence-corrected chi connectivity index (χ3v) is 7.97. The van der Waals surface area contributed by atoms with Crippen molar-refractivity contribution in [2.24, 2.45) is 0 Å². The molecular formula is C24H25N3O4S2. The monoisotopic (exact) mass is 483 g/mol. The molecule has 2 heterocycles. The van der Waals surface area contributed by atoms with Crippen molar-refractivity contribution in [3.05, 3.63) is 82.6 Å². The molecule has 2 amide bonds. The van der Waals surface area contributed by atoms with Crippen LogP contribution in [0.15, 0.2) is 72.1 Å². The molecule has 0 bridgehead atoms. The Kier molecular flexibility index (Phi) is 7.10. The van der Waals surface area contributed by atoms with Crippen LogP contribution in [-0.4, -0.2) is 50.9 Å². The van der Waals surface area contributed by atoms with Gasteiger partial charge >= 0.3 is 0 Å². The first-order valence-corrected chi connectivity index (χ1v) is 13.3. The van der Waals surface area contributed by atoms with E-state index < -0.39 is 15.9 Å². The summed E-state index contributed by atoms with van der Waals surface area (Å²) >= 11 is 1.32. The van der Waals surface area contributed by atoms with Crippen LogP contribution < -0.4 is 15.5 Å². The average molecular weight is 484 g/mol. The second-order valence-corrected chi connectivity index (χ2v) is 11.1. The van der Waals surface area contributed by atoms with Gasteiger partial charge in [-0.1, -0.05) is 48.5 Å². The summed E-state index contributed by atoms with van der Waals surface area (Å²) in [5.41, 5.74) is 2.28. The summed E-state index contributed by atoms with van der Waals surface area (Å²) in [4.78, 5) is 28.5. The number of nitrogens with one attached hydrogen (secondary N) is 2. The number of carbonyl (C=O) groups excluding carboxylic acids is 2. The summed E-state index contributed by atoms with van der Waals surface area (Å²) in [5, 5.41) is 7.64. The number of rotatable bonds is 7. The van der Waals surface area contributed by atoms with Crippen molar-refractivity contribution in [1.82, 2.24) is 5.32 Å². The fraction of sp³-hybridized carbons (Fsp3) is 0.250. The quantitative estimate of drug-likeness (QED) is 0.539. The topological polar surface area (TPSA) is 95.6 Å². The Hall–Kier alpha value is -3.17. The molecule has 1 atom stereocenters. The summed E-state index contributed by atoms with van der Waals surface area (Å²) in [6.45, 7) is 0.746. The number of benzene rings is 2. The van der Waals surface area contributed by atoms with Gasteiger partial charge in [-0.2, -0.15) is 0 Å². The average Bonchev–Trinajstić information content (AvgIpc) is 3.35. The number of thiophene rings is 1. The molecule has 3 aromatic rings. The van der Waals surface area contributed by atoms with Crippen LogP contribution >= 0.6 is 11.3 Å². The SMILES string of the molecule is O=C(N[C@H](Cc1ccccc1)C(=O)Nc1ccccc1N1CCS(=O)(=O)CC1)c1cccs1. The Morgan fingerprint density at radius 3 is 2.33 bits per heavy atom. The molecule has 0 unspecified atom stereocenters. The third kappa shape index (κ3) is 6.00. The molecule has 1 saturated heterocycles. The first-order valence-electron chi connectivity index (χ1n) is 10.6. The van der Waals surface area contributed by atoms with Gasteiger partial charge in [-0.25, -0.2) is 8.42 Å². The fourth-order valence-electron chi connectivity index (χ4n) is 3.72. The lowest BCUT2D eigenvalue weighted by atomic mass is 10.0. The predicted molar refractivity (Wildman–Crippen MR) is 132 cm³/mol. The molecule has 0 spiro atoms. The van der Waals surface area contributed by atoms with Gasteiger partial charge in [0.15, 0.2) is 9.84 Å². The van der Waals surface area contributed by atoms with Gasteiger partial charge < -0.3 is 15.5 Å². The molecule has 1 fully saturated rings. The van der Waals surface area contributed by atoms with Crippen molar-refractivity contribution in [2.75, 3.05) is 34.8 Å². The molecule has 1 aliphatic rings. The van der Waals surface area contributed by atoms with Crippen LogP contribution in [0.3, 0.4) is 0 Å². The van der Waals surface area contributed by atoms with Crippen LogP contribution in [0.1, 0.15) is 15.2 Å². The Balaban J connectivity index is 1.53. The van der Waals surface area contributed by atoms with Gasteiger partial charge in [0.25, 0.3) is 5.91 Å². The van der Waals surface area contributed by atoms with Crippen LogP contribution in [0.5, 0.6) is 0 Å². The minimum absolute atomic E-state index is 0.0861. The number of nitrogens with zero attached hydrogens (tertiary/aromatic N) is 1. The van der Waals surface area contributed by atoms with Crippen molar-refractivity contribution in [1.29, 1.82) is 0 Å². The number of anilines is 2. The van der Waals surface area contributed by atoms with Crippen molar-refractivity contribution < 1.29 is 18.0 Å². The number of amides is 2. The molecule has 0 saturated carbocycles. The molecule has 33 heavy (non-hydrogen) atoms. The van der Waals surface area contributed by atoms with E-state index in [2.05, 4.69) is 10.6 Å². The molecule has 0 radical (unpaired) electrons. The van der Waals surface area contributed by atoms with E-state index in [-0.39, 0.29) is 23.3 Å². The summed E-state index contributed by atoms with van der Waals surface area (Å²) in [6.07, 6.45) is 0.341. The van der Waals surface area contributed by atoms with Crippen LogP contribution in [0.2, 0.25) is 0 Å². The maximum absolute atomic E-state index is 13.3. The predicted octanol–water partition coefficient (Wildman–Crippen LogP) is 2.96. The molecule has 0 aliphatic carbocycles. The zero-order valence-electron chi connectivity index (χ0n) is 17.9. The Morgan fingerprint density at radius 1 is 0.939 bits per heavy atom. The van der Waals surface area contributed by atoms with Gasteiger partial charge in [0.05, 0.1) is 27.8 Å². The van der Waals surface area contributed by atoms with E-state index in [1.54, 1.807) is 18.2 Å². The van der Waals surface area contributed by atoms with Crippen molar-refractivity contribution in [3.8, 4) is 0 Å². The molecule has 1 aliphatic heterocycles. The maximum Gasteiger partial charge on any atom is 0.262 e. The van der Waals surface area contributed by atoms with Crippen molar-refractivity contribution in [3.63, 3.8) is 0 Å². The highest BCUT2D eigenvalue weighted by Gasteiger charge is 2.26. The normalized spacial score (nSPS) is 16.1. The Bertz CT molecular complexity index is 1200. The third-order valence-electron chi connectivity index (χ3n) is 5.50. The largest absolute Gasteiger partial charge is 0.368 e. The number of hydrogen-bond acceptors (Lipinski definition) is 6. The van der Waals surface area contributed by atoms with E-state index in [9.17, 15) is 18.0 Å². The van der Waals surface area contributed by atoms with Crippen molar-refractivity contribution in [2.45, 2.75) is 12.5 Å². The van der Waals surface area contributed by atoms with Gasteiger partial charge in [-0.15, -0.1) is 11.3 Å². The highest BCUT2D eigenvalue weighted by Crippen LogP contribution is 2.27. The van der Waals surface area contributed by atoms with Gasteiger partial charge in [-0.05, 0) is 29.1 Å². The molecular weight excluding hydrogens is 458 g/mol. The van der Waals surface area contributed by atoms with E-state index in [4.69, 9.17) is 0 Å². The lowest BCUT2D eigenvalue weighted by Crippen LogP contribution is -2.45. The number of carbonyl (C=O) groups is 2. The van der Waals surface area contributed by atoms with Crippen LogP contribution in [0, 0.1) is 0 Å². The van der Waals surface area contributed by atoms with Crippen molar-refractivity contribution >= 4 is 44.4 Å². The molecule has 1 aromatic heterocycles. The zero-order chi connectivity index (χ0) is 23.3. The van der Waals surface area contributed by atoms with E-state index in [1.165, 1.54) is 11.3 Å². The smallest absolute Gasteiger partial charge is 0.262 e. The highest BCUT2D eigenvalue weighted by molar-refractivity contribution is 7.91. The molecule has 2 N–H and O–H groups in total. The van der Waals surface area contributed by atoms with E-state index in [0.717, 1.165) is 11.3 Å². The van der Waals surface area contributed by atoms with E-state index in [1.807, 2.05) is 58.8 Å². The van der Waals surface area contributed by atoms with Gasteiger partial charge in [0, 0.05) is 19.5 Å². The molecule has 9 heteroatoms. The van der Waals surface area contributed by atoms with Crippen LogP contribution in [0.4, 0.5) is 11.4 Å². The minimum Gasteiger partial charge on any atom is -0.368 e. The number of para-hydroxylation sites is 2. The van der Waals surface area contributed by atoms with E-state index in [0.29, 0.717) is 30.1 Å². The molecule has 172 valence electrons. The molecule has 4 rings (SSSR count). The zero-order valence-corrected chi connectivity index (χ0v) is 19.6. The fourth-order valence-corrected chi connectivity index (χ4v) is 5.55. The summed E-state index contributed by atoms with van der Waals surface area (Å²) in [6, 6.07) is 19.6. The first-order chi connectivity index (χ1) is 15.9. The van der Waals surface area contributed by atoms with Gasteiger partial charge in [0.2, 0.25) is 5.91 Å². The van der Waals surface area contributed by atoms with Crippen LogP contribution in [-0.2, 0) is 21.1 Å². The molecule has 7 nitrogen and oxygen atoms in total. The van der Waals surface area contributed by atoms with Gasteiger partial charge in [0.1, 0.15) is 6.04 Å². The lowest BCUT2D eigenvalue weighted by molar-refractivity contribution is -0.118. The first kappa shape index (κ1) is 23.0. The lowest BCUT2D eigenvalue weighted by Gasteiger charge is -2.30. The van der Waals surface area contributed by atoms with Gasteiger partial charge in [-0.3, -0.25) is 9.59 Å². The second-order valence-electron chi connectivity index (χ2n) is 7.84. The minimum atomic E-state index is -3.02.